The average molecular weight is 245 g/mol. The lowest BCUT2D eigenvalue weighted by molar-refractivity contribution is -0.116. The molecule has 6 nitrogen and oxygen atoms in total. The molecule has 2 aromatic rings. The number of hydrogen-bond donors (Lipinski definition) is 1. The number of rotatable bonds is 4. The van der Waals surface area contributed by atoms with E-state index in [4.69, 9.17) is 0 Å². The van der Waals surface area contributed by atoms with E-state index in [1.54, 1.807) is 0 Å². The lowest BCUT2D eigenvalue weighted by atomic mass is 10.1. The van der Waals surface area contributed by atoms with E-state index in [0.717, 1.165) is 5.69 Å². The summed E-state index contributed by atoms with van der Waals surface area (Å²) >= 11 is 0. The van der Waals surface area contributed by atoms with Crippen LogP contribution in [0.25, 0.3) is 5.69 Å². The van der Waals surface area contributed by atoms with Gasteiger partial charge >= 0.3 is 0 Å². The third kappa shape index (κ3) is 2.91. The van der Waals surface area contributed by atoms with Crippen LogP contribution < -0.4 is 5.32 Å². The number of tetrazole rings is 1. The van der Waals surface area contributed by atoms with Gasteiger partial charge in [-0.3, -0.25) is 4.79 Å². The quantitative estimate of drug-likeness (QED) is 0.888. The Morgan fingerprint density at radius 3 is 2.83 bits per heavy atom. The van der Waals surface area contributed by atoms with Gasteiger partial charge in [0.25, 0.3) is 0 Å². The molecule has 1 N–H and O–H groups in total. The van der Waals surface area contributed by atoms with Crippen molar-refractivity contribution in [1.82, 2.24) is 20.2 Å². The third-order valence-electron chi connectivity index (χ3n) is 2.37. The first-order chi connectivity index (χ1) is 8.66. The fraction of sp³-hybridized carbons (Fsp3) is 0.333. The number of benzene rings is 1. The Bertz CT molecular complexity index is 521. The molecular formula is C12H15N5O. The van der Waals surface area contributed by atoms with Gasteiger partial charge in [0, 0.05) is 6.42 Å². The number of carbonyl (C=O) groups excluding carboxylic acids is 1. The highest BCUT2D eigenvalue weighted by Crippen LogP contribution is 2.18. The number of aromatic nitrogens is 4. The lowest BCUT2D eigenvalue weighted by Crippen LogP contribution is -2.15. The maximum atomic E-state index is 11.8. The number of anilines is 1. The van der Waals surface area contributed by atoms with E-state index in [-0.39, 0.29) is 5.91 Å². The summed E-state index contributed by atoms with van der Waals surface area (Å²) in [4.78, 5) is 11.8. The maximum Gasteiger partial charge on any atom is 0.224 e. The second-order valence-electron chi connectivity index (χ2n) is 4.42. The van der Waals surface area contributed by atoms with Crippen LogP contribution in [0.5, 0.6) is 0 Å². The van der Waals surface area contributed by atoms with Crippen molar-refractivity contribution in [2.45, 2.75) is 20.3 Å². The number of nitrogens with one attached hydrogen (secondary N) is 1. The van der Waals surface area contributed by atoms with Gasteiger partial charge in [-0.15, -0.1) is 5.10 Å². The molecule has 0 aliphatic carbocycles. The zero-order chi connectivity index (χ0) is 13.0. The summed E-state index contributed by atoms with van der Waals surface area (Å²) in [5.41, 5.74) is 1.45. The molecular weight excluding hydrogens is 230 g/mol. The molecule has 1 amide bonds. The van der Waals surface area contributed by atoms with Gasteiger partial charge in [-0.05, 0) is 28.5 Å². The standard InChI is InChI=1S/C12H15N5O/c1-9(2)7-12(18)14-10-5-3-4-6-11(10)17-8-13-15-16-17/h3-6,8-9H,7H2,1-2H3,(H,14,18). The maximum absolute atomic E-state index is 11.8. The van der Waals surface area contributed by atoms with Crippen LogP contribution in [0.2, 0.25) is 0 Å². The van der Waals surface area contributed by atoms with Gasteiger partial charge < -0.3 is 5.32 Å². The molecule has 0 atom stereocenters. The van der Waals surface area contributed by atoms with E-state index in [2.05, 4.69) is 20.8 Å². The Morgan fingerprint density at radius 1 is 1.39 bits per heavy atom. The molecule has 0 spiro atoms. The van der Waals surface area contributed by atoms with Crippen LogP contribution in [-0.4, -0.2) is 26.1 Å². The average Bonchev–Trinajstić information content (AvgIpc) is 2.81. The van der Waals surface area contributed by atoms with E-state index in [0.29, 0.717) is 18.0 Å². The molecule has 1 aromatic carbocycles. The molecule has 2 rings (SSSR count). The summed E-state index contributed by atoms with van der Waals surface area (Å²) in [6.07, 6.45) is 1.98. The van der Waals surface area contributed by atoms with Crippen LogP contribution in [0.15, 0.2) is 30.6 Å². The molecule has 1 heterocycles. The summed E-state index contributed by atoms with van der Waals surface area (Å²) in [5.74, 6) is 0.315. The van der Waals surface area contributed by atoms with Crippen LogP contribution in [-0.2, 0) is 4.79 Å². The third-order valence-corrected chi connectivity index (χ3v) is 2.37. The number of amides is 1. The van der Waals surface area contributed by atoms with Crippen LogP contribution in [0, 0.1) is 5.92 Å². The first kappa shape index (κ1) is 12.2. The highest BCUT2D eigenvalue weighted by molar-refractivity contribution is 5.92. The monoisotopic (exact) mass is 245 g/mol. The van der Waals surface area contributed by atoms with Crippen molar-refractivity contribution >= 4 is 11.6 Å². The fourth-order valence-corrected chi connectivity index (χ4v) is 1.62. The van der Waals surface area contributed by atoms with Gasteiger partial charge in [0.15, 0.2) is 0 Å². The molecule has 0 saturated carbocycles. The first-order valence-electron chi connectivity index (χ1n) is 5.79. The van der Waals surface area contributed by atoms with Gasteiger partial charge in [0.1, 0.15) is 6.33 Å². The van der Waals surface area contributed by atoms with E-state index in [1.165, 1.54) is 11.0 Å². The Balaban J connectivity index is 2.21. The summed E-state index contributed by atoms with van der Waals surface area (Å²) in [7, 11) is 0. The molecule has 0 aliphatic heterocycles. The SMILES string of the molecule is CC(C)CC(=O)Nc1ccccc1-n1cnnn1. The molecule has 0 radical (unpaired) electrons. The molecule has 6 heteroatoms. The minimum absolute atomic E-state index is 0.00877. The summed E-state index contributed by atoms with van der Waals surface area (Å²) < 4.78 is 1.52. The lowest BCUT2D eigenvalue weighted by Gasteiger charge is -2.11. The van der Waals surface area contributed by atoms with Gasteiger partial charge in [-0.1, -0.05) is 26.0 Å². The van der Waals surface area contributed by atoms with Crippen LogP contribution in [0.4, 0.5) is 5.69 Å². The van der Waals surface area contributed by atoms with E-state index >= 15 is 0 Å². The number of hydrogen-bond acceptors (Lipinski definition) is 4. The van der Waals surface area contributed by atoms with Gasteiger partial charge in [-0.2, -0.15) is 4.68 Å². The Labute approximate surface area is 105 Å². The zero-order valence-corrected chi connectivity index (χ0v) is 10.4. The van der Waals surface area contributed by atoms with Crippen molar-refractivity contribution in [2.24, 2.45) is 5.92 Å². The van der Waals surface area contributed by atoms with E-state index in [9.17, 15) is 4.79 Å². The molecule has 0 fully saturated rings. The molecule has 0 bridgehead atoms. The van der Waals surface area contributed by atoms with Gasteiger partial charge in [-0.25, -0.2) is 0 Å². The van der Waals surface area contributed by atoms with Crippen molar-refractivity contribution < 1.29 is 4.79 Å². The van der Waals surface area contributed by atoms with Crippen molar-refractivity contribution in [2.75, 3.05) is 5.32 Å². The topological polar surface area (TPSA) is 72.7 Å². The predicted molar refractivity (Wildman–Crippen MR) is 67.2 cm³/mol. The highest BCUT2D eigenvalue weighted by Gasteiger charge is 2.09. The summed E-state index contributed by atoms with van der Waals surface area (Å²) in [6, 6.07) is 7.41. The van der Waals surface area contributed by atoms with Crippen molar-refractivity contribution in [3.63, 3.8) is 0 Å². The smallest absolute Gasteiger partial charge is 0.224 e. The minimum atomic E-state index is -0.00877. The summed E-state index contributed by atoms with van der Waals surface area (Å²) in [5, 5.41) is 13.9. The number of nitrogens with zero attached hydrogens (tertiary/aromatic N) is 4. The van der Waals surface area contributed by atoms with E-state index in [1.807, 2.05) is 38.1 Å². The van der Waals surface area contributed by atoms with Gasteiger partial charge in [0.2, 0.25) is 5.91 Å². The van der Waals surface area contributed by atoms with Crippen molar-refractivity contribution in [3.05, 3.63) is 30.6 Å². The molecule has 18 heavy (non-hydrogen) atoms. The second kappa shape index (κ2) is 5.39. The predicted octanol–water partition coefficient (Wildman–Crippen LogP) is 1.65. The Hall–Kier alpha value is -2.24. The number of para-hydroxylation sites is 2. The number of carbonyl (C=O) groups is 1. The molecule has 0 unspecified atom stereocenters. The van der Waals surface area contributed by atoms with Crippen LogP contribution >= 0.6 is 0 Å². The normalized spacial score (nSPS) is 10.6. The second-order valence-corrected chi connectivity index (χ2v) is 4.42. The largest absolute Gasteiger partial charge is 0.324 e. The van der Waals surface area contributed by atoms with Crippen molar-refractivity contribution in [1.29, 1.82) is 0 Å². The Kier molecular flexibility index (Phi) is 3.66. The van der Waals surface area contributed by atoms with Gasteiger partial charge in [0.05, 0.1) is 11.4 Å². The molecule has 94 valence electrons. The zero-order valence-electron chi connectivity index (χ0n) is 10.4. The van der Waals surface area contributed by atoms with Crippen LogP contribution in [0.3, 0.4) is 0 Å². The summed E-state index contributed by atoms with van der Waals surface area (Å²) in [6.45, 7) is 4.01. The molecule has 1 aromatic heterocycles. The fourth-order valence-electron chi connectivity index (χ4n) is 1.62. The molecule has 0 saturated heterocycles. The minimum Gasteiger partial charge on any atom is -0.324 e. The molecule has 0 aliphatic rings. The Morgan fingerprint density at radius 2 is 2.17 bits per heavy atom. The van der Waals surface area contributed by atoms with E-state index < -0.39 is 0 Å². The highest BCUT2D eigenvalue weighted by atomic mass is 16.1. The van der Waals surface area contributed by atoms with Crippen molar-refractivity contribution in [3.8, 4) is 5.69 Å². The van der Waals surface area contributed by atoms with Crippen LogP contribution in [0.1, 0.15) is 20.3 Å². The first-order valence-corrected chi connectivity index (χ1v) is 5.79.